The van der Waals surface area contributed by atoms with Gasteiger partial charge in [0.25, 0.3) is 8.87 Å². The highest BCUT2D eigenvalue weighted by atomic mass is 33.2. The Kier molecular flexibility index (Phi) is 8.13. The van der Waals surface area contributed by atoms with Crippen LogP contribution < -0.4 is 0 Å². The summed E-state index contributed by atoms with van der Waals surface area (Å²) in [7, 11) is -7.91. The Labute approximate surface area is 176 Å². The zero-order valence-corrected chi connectivity index (χ0v) is 18.6. The lowest BCUT2D eigenvalue weighted by Gasteiger charge is -2.33. The van der Waals surface area contributed by atoms with E-state index in [4.69, 9.17) is 9.47 Å². The van der Waals surface area contributed by atoms with Gasteiger partial charge < -0.3 is 9.47 Å². The number of hydrogen-bond acceptors (Lipinski definition) is 7. The number of nitrogens with zero attached hydrogens (tertiary/aromatic N) is 1. The van der Waals surface area contributed by atoms with E-state index in [0.717, 1.165) is 4.31 Å². The van der Waals surface area contributed by atoms with Crippen molar-refractivity contribution in [3.8, 4) is 0 Å². The molecule has 2 rings (SSSR count). The molecule has 0 spiro atoms. The van der Waals surface area contributed by atoms with Crippen molar-refractivity contribution in [1.29, 1.82) is 0 Å². The van der Waals surface area contributed by atoms with Crippen LogP contribution in [0.3, 0.4) is 0 Å². The predicted octanol–water partition coefficient (Wildman–Crippen LogP) is 2.10. The van der Waals surface area contributed by atoms with Crippen LogP contribution in [0.25, 0.3) is 0 Å². The van der Waals surface area contributed by atoms with Crippen molar-refractivity contribution < 1.29 is 31.1 Å². The van der Waals surface area contributed by atoms with Crippen molar-refractivity contribution in [3.05, 3.63) is 71.8 Å². The molecule has 0 fully saturated rings. The van der Waals surface area contributed by atoms with Crippen molar-refractivity contribution >= 4 is 23.9 Å². The minimum Gasteiger partial charge on any atom is -0.454 e. The Morgan fingerprint density at radius 3 is 2.00 bits per heavy atom. The van der Waals surface area contributed by atoms with E-state index in [1.807, 2.05) is 0 Å². The summed E-state index contributed by atoms with van der Waals surface area (Å²) in [6.07, 6.45) is -0.407. The highest BCUT2D eigenvalue weighted by Crippen LogP contribution is 2.30. The zero-order valence-electron chi connectivity index (χ0n) is 17.0. The minimum absolute atomic E-state index is 0.206. The van der Waals surface area contributed by atoms with Crippen LogP contribution in [-0.2, 0) is 38.7 Å². The molecule has 0 N–H and O–H groups in total. The maximum absolute atomic E-state index is 12.9. The van der Waals surface area contributed by atoms with Crippen molar-refractivity contribution in [1.82, 2.24) is 4.31 Å². The van der Waals surface area contributed by atoms with Gasteiger partial charge in [-0.15, -0.1) is 0 Å². The van der Waals surface area contributed by atoms with Crippen molar-refractivity contribution in [2.45, 2.75) is 25.6 Å². The van der Waals surface area contributed by atoms with Gasteiger partial charge in [0.2, 0.25) is 0 Å². The molecule has 0 aromatic heterocycles. The lowest BCUT2D eigenvalue weighted by molar-refractivity contribution is -0.156. The third-order valence-electron chi connectivity index (χ3n) is 4.39. The van der Waals surface area contributed by atoms with Crippen molar-refractivity contribution in [3.63, 3.8) is 0 Å². The Morgan fingerprint density at radius 2 is 1.50 bits per heavy atom. The summed E-state index contributed by atoms with van der Waals surface area (Å²) in [6, 6.07) is 16.1. The van der Waals surface area contributed by atoms with Crippen LogP contribution in [0.4, 0.5) is 0 Å². The molecule has 0 unspecified atom stereocenters. The molecule has 0 bridgehead atoms. The van der Waals surface area contributed by atoms with Crippen LogP contribution >= 0.6 is 0 Å². The minimum atomic E-state index is -4.75. The smallest absolute Gasteiger partial charge is 0.332 e. The van der Waals surface area contributed by atoms with Gasteiger partial charge in [0, 0.05) is 13.7 Å². The molecule has 0 aliphatic heterocycles. The Bertz CT molecular complexity index is 1040. The van der Waals surface area contributed by atoms with E-state index in [1.165, 1.54) is 14.0 Å². The van der Waals surface area contributed by atoms with Crippen LogP contribution in [0.1, 0.15) is 24.2 Å². The first-order valence-electron chi connectivity index (χ1n) is 9.07. The molecular weight excluding hydrogens is 430 g/mol. The quantitative estimate of drug-likeness (QED) is 0.399. The molecular formula is C20H25NO7S2. The number of carbonyl (C=O) groups is 1. The molecule has 2 atom stereocenters. The Hall–Kier alpha value is -2.27. The zero-order chi connectivity index (χ0) is 22.4. The highest BCUT2D eigenvalue weighted by Gasteiger charge is 2.40. The molecule has 0 saturated carbocycles. The van der Waals surface area contributed by atoms with Crippen LogP contribution in [0.5, 0.6) is 0 Å². The van der Waals surface area contributed by atoms with Crippen LogP contribution in [0, 0.1) is 0 Å². The summed E-state index contributed by atoms with van der Waals surface area (Å²) in [5.74, 6) is -0.699. The number of benzene rings is 2. The summed E-state index contributed by atoms with van der Waals surface area (Å²) < 4.78 is 61.2. The normalized spacial score (nSPS) is 14.3. The van der Waals surface area contributed by atoms with Crippen molar-refractivity contribution in [2.24, 2.45) is 0 Å². The second-order valence-corrected chi connectivity index (χ2v) is 12.5. The summed E-state index contributed by atoms with van der Waals surface area (Å²) in [6.45, 7) is 0.972. The fraction of sp³-hybridized carbons (Fsp3) is 0.350. The number of carbonyl (C=O) groups excluding carboxylic acids is 1. The van der Waals surface area contributed by atoms with Gasteiger partial charge in [0.1, 0.15) is 12.7 Å². The molecule has 0 amide bonds. The average Bonchev–Trinajstić information content (AvgIpc) is 2.70. The van der Waals surface area contributed by atoms with Gasteiger partial charge in [-0.1, -0.05) is 60.7 Å². The monoisotopic (exact) mass is 455 g/mol. The molecule has 0 radical (unpaired) electrons. The number of rotatable bonds is 10. The topological polar surface area (TPSA) is 107 Å². The summed E-state index contributed by atoms with van der Waals surface area (Å²) in [5.41, 5.74) is 1.11. The Morgan fingerprint density at radius 1 is 0.967 bits per heavy atom. The fourth-order valence-electron chi connectivity index (χ4n) is 2.90. The number of ether oxygens (including phenoxy) is 2. The van der Waals surface area contributed by atoms with E-state index in [2.05, 4.69) is 0 Å². The molecule has 2 aromatic carbocycles. The Balaban J connectivity index is 2.53. The maximum Gasteiger partial charge on any atom is 0.332 e. The molecule has 2 aromatic rings. The van der Waals surface area contributed by atoms with Gasteiger partial charge in [-0.05, 0) is 18.1 Å². The summed E-state index contributed by atoms with van der Waals surface area (Å²) in [5, 5.41) is 0. The van der Waals surface area contributed by atoms with Gasteiger partial charge in [-0.3, -0.25) is 0 Å². The van der Waals surface area contributed by atoms with Crippen LogP contribution in [0.15, 0.2) is 60.7 Å². The second kappa shape index (κ2) is 10.2. The van der Waals surface area contributed by atoms with E-state index in [-0.39, 0.29) is 13.2 Å². The van der Waals surface area contributed by atoms with E-state index < -0.39 is 36.0 Å². The van der Waals surface area contributed by atoms with E-state index in [1.54, 1.807) is 60.7 Å². The first-order valence-corrected chi connectivity index (χ1v) is 12.9. The van der Waals surface area contributed by atoms with Gasteiger partial charge in [0.15, 0.2) is 0 Å². The lowest BCUT2D eigenvalue weighted by atomic mass is 10.0. The largest absolute Gasteiger partial charge is 0.454 e. The average molecular weight is 456 g/mol. The molecule has 164 valence electrons. The third kappa shape index (κ3) is 5.88. The summed E-state index contributed by atoms with van der Waals surface area (Å²) in [4.78, 5) is 12.1. The number of hydrogen-bond donors (Lipinski definition) is 0. The molecule has 0 aliphatic rings. The molecule has 8 nitrogen and oxygen atoms in total. The van der Waals surface area contributed by atoms with E-state index >= 15 is 0 Å². The maximum atomic E-state index is 12.9. The fourth-order valence-corrected chi connectivity index (χ4v) is 5.68. The van der Waals surface area contributed by atoms with Gasteiger partial charge >= 0.3 is 15.0 Å². The van der Waals surface area contributed by atoms with Gasteiger partial charge in [-0.2, -0.15) is 12.7 Å². The highest BCUT2D eigenvalue weighted by molar-refractivity contribution is 8.66. The predicted molar refractivity (Wildman–Crippen MR) is 112 cm³/mol. The lowest BCUT2D eigenvalue weighted by Crippen LogP contribution is -2.45. The first kappa shape index (κ1) is 24.0. The SMILES string of the molecule is COCC(=O)O[C@@H](c1ccccc1)[C@@H](C)N(Cc1ccccc1)S(=O)(=O)S(C)(=O)=O. The van der Waals surface area contributed by atoms with Crippen LogP contribution in [0.2, 0.25) is 0 Å². The third-order valence-corrected chi connectivity index (χ3v) is 9.06. The van der Waals surface area contributed by atoms with E-state index in [9.17, 15) is 21.6 Å². The summed E-state index contributed by atoms with van der Waals surface area (Å²) >= 11 is 0. The van der Waals surface area contributed by atoms with Gasteiger partial charge in [0.05, 0.1) is 12.3 Å². The number of esters is 1. The number of methoxy groups -OCH3 is 1. The molecule has 0 heterocycles. The van der Waals surface area contributed by atoms with E-state index in [0.29, 0.717) is 17.4 Å². The van der Waals surface area contributed by atoms with Gasteiger partial charge in [-0.25, -0.2) is 13.2 Å². The molecule has 0 saturated heterocycles. The van der Waals surface area contributed by atoms with Crippen LogP contribution in [-0.4, -0.2) is 53.1 Å². The standard InChI is InChI=1S/C20H25NO7S2/c1-16(20(28-19(22)15-27-2)18-12-8-5-9-13-18)21(30(25,26)29(3,23)24)14-17-10-6-4-7-11-17/h4-13,16,20H,14-15H2,1-3H3/t16-,20-/m1/s1. The molecule has 0 aliphatic carbocycles. The molecule has 10 heteroatoms. The van der Waals surface area contributed by atoms with Crippen molar-refractivity contribution in [2.75, 3.05) is 20.0 Å². The molecule has 30 heavy (non-hydrogen) atoms. The first-order chi connectivity index (χ1) is 14.1. The second-order valence-electron chi connectivity index (χ2n) is 6.69.